The second-order valence-corrected chi connectivity index (χ2v) is 6.01. The van der Waals surface area contributed by atoms with Crippen LogP contribution in [0.4, 0.5) is 5.69 Å². The summed E-state index contributed by atoms with van der Waals surface area (Å²) in [6.07, 6.45) is 5.41. The van der Waals surface area contributed by atoms with E-state index in [1.807, 2.05) is 11.0 Å². The van der Waals surface area contributed by atoms with E-state index in [-0.39, 0.29) is 5.91 Å². The Bertz CT molecular complexity index is 484. The normalized spacial score (nSPS) is 15.0. The number of anilines is 1. The van der Waals surface area contributed by atoms with Crippen molar-refractivity contribution in [1.82, 2.24) is 4.90 Å². The summed E-state index contributed by atoms with van der Waals surface area (Å²) < 4.78 is 0. The van der Waals surface area contributed by atoms with Gasteiger partial charge in [0.25, 0.3) is 5.91 Å². The van der Waals surface area contributed by atoms with E-state index in [1.54, 1.807) is 0 Å². The summed E-state index contributed by atoms with van der Waals surface area (Å²) in [6, 6.07) is 6.43. The van der Waals surface area contributed by atoms with E-state index in [0.717, 1.165) is 50.8 Å². The van der Waals surface area contributed by atoms with Crippen molar-refractivity contribution in [3.63, 3.8) is 0 Å². The van der Waals surface area contributed by atoms with Gasteiger partial charge in [0, 0.05) is 30.4 Å². The zero-order valence-corrected chi connectivity index (χ0v) is 13.6. The number of aryl methyl sites for hydroxylation is 1. The Balaban J connectivity index is 2.19. The van der Waals surface area contributed by atoms with Crippen LogP contribution in [0.15, 0.2) is 18.2 Å². The van der Waals surface area contributed by atoms with Crippen molar-refractivity contribution in [2.24, 2.45) is 0 Å². The Morgan fingerprint density at radius 3 is 2.90 bits per heavy atom. The van der Waals surface area contributed by atoms with Gasteiger partial charge in [-0.15, -0.1) is 0 Å². The Morgan fingerprint density at radius 2 is 2.19 bits per heavy atom. The molecule has 2 rings (SSSR count). The number of rotatable bonds is 6. The number of fused-ring (bicyclic) bond motifs is 1. The third-order valence-electron chi connectivity index (χ3n) is 4.43. The molecule has 1 atom stereocenters. The van der Waals surface area contributed by atoms with Crippen molar-refractivity contribution in [1.29, 1.82) is 0 Å². The molecule has 1 heterocycles. The van der Waals surface area contributed by atoms with E-state index in [0.29, 0.717) is 6.04 Å². The third kappa shape index (κ3) is 3.78. The number of carbonyl (C=O) groups is 1. The molecule has 1 unspecified atom stereocenters. The predicted octanol–water partition coefficient (Wildman–Crippen LogP) is 4.09. The number of hydrogen-bond acceptors (Lipinski definition) is 2. The molecule has 1 aromatic rings. The van der Waals surface area contributed by atoms with Crippen molar-refractivity contribution in [3.05, 3.63) is 29.3 Å². The molecule has 3 nitrogen and oxygen atoms in total. The number of unbranched alkanes of at least 4 members (excludes halogenated alkanes) is 1. The zero-order chi connectivity index (χ0) is 15.2. The van der Waals surface area contributed by atoms with Gasteiger partial charge in [-0.25, -0.2) is 0 Å². The third-order valence-corrected chi connectivity index (χ3v) is 4.43. The molecule has 0 radical (unpaired) electrons. The van der Waals surface area contributed by atoms with Gasteiger partial charge in [0.1, 0.15) is 0 Å². The molecule has 0 saturated heterocycles. The van der Waals surface area contributed by atoms with Crippen LogP contribution in [0.1, 0.15) is 62.4 Å². The van der Waals surface area contributed by atoms with Crippen LogP contribution in [0.25, 0.3) is 0 Å². The molecule has 0 fully saturated rings. The summed E-state index contributed by atoms with van der Waals surface area (Å²) >= 11 is 0. The van der Waals surface area contributed by atoms with Crippen molar-refractivity contribution in [2.45, 2.75) is 58.9 Å². The van der Waals surface area contributed by atoms with Crippen LogP contribution in [0.2, 0.25) is 0 Å². The highest BCUT2D eigenvalue weighted by Gasteiger charge is 2.21. The lowest BCUT2D eigenvalue weighted by Crippen LogP contribution is -2.39. The highest BCUT2D eigenvalue weighted by atomic mass is 16.2. The molecule has 116 valence electrons. The smallest absolute Gasteiger partial charge is 0.254 e. The monoisotopic (exact) mass is 288 g/mol. The van der Waals surface area contributed by atoms with Crippen LogP contribution in [-0.4, -0.2) is 29.9 Å². The summed E-state index contributed by atoms with van der Waals surface area (Å²) in [5, 5.41) is 3.40. The van der Waals surface area contributed by atoms with Gasteiger partial charge in [0.15, 0.2) is 0 Å². The Morgan fingerprint density at radius 1 is 1.38 bits per heavy atom. The molecule has 1 aromatic carbocycles. The minimum atomic E-state index is 0.186. The van der Waals surface area contributed by atoms with E-state index in [1.165, 1.54) is 11.3 Å². The first-order valence-electron chi connectivity index (χ1n) is 8.35. The molecule has 1 aliphatic rings. The number of hydrogen-bond donors (Lipinski definition) is 1. The fraction of sp³-hybridized carbons (Fsp3) is 0.611. The predicted molar refractivity (Wildman–Crippen MR) is 89.0 cm³/mol. The molecule has 0 aliphatic carbocycles. The summed E-state index contributed by atoms with van der Waals surface area (Å²) in [4.78, 5) is 14.9. The molecule has 1 N–H and O–H groups in total. The van der Waals surface area contributed by atoms with Crippen LogP contribution in [-0.2, 0) is 6.42 Å². The molecule has 3 heteroatoms. The summed E-state index contributed by atoms with van der Waals surface area (Å²) in [6.45, 7) is 8.36. The lowest BCUT2D eigenvalue weighted by Gasteiger charge is -2.29. The molecule has 1 aliphatic heterocycles. The van der Waals surface area contributed by atoms with Crippen LogP contribution in [0, 0.1) is 0 Å². The maximum Gasteiger partial charge on any atom is 0.254 e. The number of benzene rings is 1. The van der Waals surface area contributed by atoms with Gasteiger partial charge < -0.3 is 10.2 Å². The molecule has 0 spiro atoms. The molecule has 0 saturated carbocycles. The lowest BCUT2D eigenvalue weighted by atomic mass is 10.00. The van der Waals surface area contributed by atoms with Gasteiger partial charge in [-0.2, -0.15) is 0 Å². The Hall–Kier alpha value is -1.51. The minimum Gasteiger partial charge on any atom is -0.385 e. The molecule has 21 heavy (non-hydrogen) atoms. The van der Waals surface area contributed by atoms with Gasteiger partial charge in [-0.05, 0) is 56.4 Å². The summed E-state index contributed by atoms with van der Waals surface area (Å²) in [7, 11) is 0. The first kappa shape index (κ1) is 15.9. The SMILES string of the molecule is CCCCN(C(=O)c1ccc2c(c1)CCCN2)C(C)CC. The van der Waals surface area contributed by atoms with Gasteiger partial charge in [0.05, 0.1) is 0 Å². The Kier molecular flexibility index (Phi) is 5.66. The zero-order valence-electron chi connectivity index (χ0n) is 13.6. The maximum atomic E-state index is 12.8. The topological polar surface area (TPSA) is 32.3 Å². The number of amides is 1. The van der Waals surface area contributed by atoms with E-state index < -0.39 is 0 Å². The van der Waals surface area contributed by atoms with Crippen molar-refractivity contribution in [3.8, 4) is 0 Å². The second-order valence-electron chi connectivity index (χ2n) is 6.01. The standard InChI is InChI=1S/C18H28N2O/c1-4-6-12-20(14(3)5-2)18(21)16-9-10-17-15(13-16)8-7-11-19-17/h9-10,13-14,19H,4-8,11-12H2,1-3H3. The van der Waals surface area contributed by atoms with Gasteiger partial charge >= 0.3 is 0 Å². The first-order chi connectivity index (χ1) is 10.2. The molecule has 0 bridgehead atoms. The quantitative estimate of drug-likeness (QED) is 0.855. The van der Waals surface area contributed by atoms with E-state index in [2.05, 4.69) is 38.2 Å². The largest absolute Gasteiger partial charge is 0.385 e. The average Bonchev–Trinajstić information content (AvgIpc) is 2.54. The number of nitrogens with zero attached hydrogens (tertiary/aromatic N) is 1. The Labute approximate surface area is 128 Å². The van der Waals surface area contributed by atoms with Crippen LogP contribution < -0.4 is 5.32 Å². The lowest BCUT2D eigenvalue weighted by molar-refractivity contribution is 0.0685. The fourth-order valence-corrected chi connectivity index (χ4v) is 2.84. The van der Waals surface area contributed by atoms with Gasteiger partial charge in [-0.3, -0.25) is 4.79 Å². The van der Waals surface area contributed by atoms with Crippen LogP contribution in [0.5, 0.6) is 0 Å². The van der Waals surface area contributed by atoms with Crippen molar-refractivity contribution >= 4 is 11.6 Å². The highest BCUT2D eigenvalue weighted by molar-refractivity contribution is 5.95. The molecular formula is C18H28N2O. The number of nitrogens with one attached hydrogen (secondary N) is 1. The van der Waals surface area contributed by atoms with Gasteiger partial charge in [0.2, 0.25) is 0 Å². The van der Waals surface area contributed by atoms with Crippen molar-refractivity contribution in [2.75, 3.05) is 18.4 Å². The summed E-state index contributed by atoms with van der Waals surface area (Å²) in [5.74, 6) is 0.186. The maximum absolute atomic E-state index is 12.8. The second kappa shape index (κ2) is 7.48. The van der Waals surface area contributed by atoms with Gasteiger partial charge in [-0.1, -0.05) is 20.3 Å². The van der Waals surface area contributed by atoms with E-state index in [9.17, 15) is 4.79 Å². The number of carbonyl (C=O) groups excluding carboxylic acids is 1. The fourth-order valence-electron chi connectivity index (χ4n) is 2.84. The van der Waals surface area contributed by atoms with E-state index >= 15 is 0 Å². The molecular weight excluding hydrogens is 260 g/mol. The van der Waals surface area contributed by atoms with Crippen LogP contribution in [0.3, 0.4) is 0 Å². The molecule has 0 aromatic heterocycles. The van der Waals surface area contributed by atoms with Crippen LogP contribution >= 0.6 is 0 Å². The van der Waals surface area contributed by atoms with Crippen molar-refractivity contribution < 1.29 is 4.79 Å². The summed E-state index contributed by atoms with van der Waals surface area (Å²) in [5.41, 5.74) is 3.32. The first-order valence-corrected chi connectivity index (χ1v) is 8.35. The van der Waals surface area contributed by atoms with E-state index in [4.69, 9.17) is 0 Å². The molecule has 1 amide bonds. The average molecular weight is 288 g/mol. The minimum absolute atomic E-state index is 0.186. The highest BCUT2D eigenvalue weighted by Crippen LogP contribution is 2.24.